The van der Waals surface area contributed by atoms with Gasteiger partial charge in [-0.2, -0.15) is 0 Å². The van der Waals surface area contributed by atoms with Gasteiger partial charge in [0.25, 0.3) is 0 Å². The van der Waals surface area contributed by atoms with Gasteiger partial charge < -0.3 is 4.74 Å². The van der Waals surface area contributed by atoms with Crippen molar-refractivity contribution in [1.82, 2.24) is 4.90 Å². The lowest BCUT2D eigenvalue weighted by Crippen LogP contribution is -2.29. The van der Waals surface area contributed by atoms with Crippen molar-refractivity contribution >= 4 is 11.9 Å². The second-order valence-corrected chi connectivity index (χ2v) is 3.98. The Hall–Kier alpha value is -1.84. The molecule has 1 unspecified atom stereocenters. The van der Waals surface area contributed by atoms with Gasteiger partial charge in [-0.15, -0.1) is 0 Å². The number of carbonyl (C=O) groups excluding carboxylic acids is 1. The summed E-state index contributed by atoms with van der Waals surface area (Å²) < 4.78 is 4.94. The molecule has 0 spiro atoms. The Bertz CT molecular complexity index is 425. The monoisotopic (exact) mass is 218 g/mol. The molecule has 1 aliphatic rings. The van der Waals surface area contributed by atoms with Crippen LogP contribution in [0.25, 0.3) is 0 Å². The Kier molecular flexibility index (Phi) is 2.64. The van der Waals surface area contributed by atoms with Crippen molar-refractivity contribution in [1.29, 1.82) is 5.41 Å². The summed E-state index contributed by atoms with van der Waals surface area (Å²) in [6, 6.07) is 7.89. The van der Waals surface area contributed by atoms with Crippen LogP contribution >= 0.6 is 0 Å². The summed E-state index contributed by atoms with van der Waals surface area (Å²) in [5.41, 5.74) is 2.18. The molecule has 1 heterocycles. The predicted octanol–water partition coefficient (Wildman–Crippen LogP) is 2.31. The summed E-state index contributed by atoms with van der Waals surface area (Å²) in [6.07, 6.45) is -0.865. The third-order valence-electron chi connectivity index (χ3n) is 2.64. The predicted molar refractivity (Wildman–Crippen MR) is 60.4 cm³/mol. The van der Waals surface area contributed by atoms with E-state index in [1.165, 1.54) is 10.5 Å². The smallest absolute Gasteiger partial charge is 0.416 e. The van der Waals surface area contributed by atoms with E-state index in [1.54, 1.807) is 6.92 Å². The fraction of sp³-hybridized carbons (Fsp3) is 0.333. The van der Waals surface area contributed by atoms with Crippen molar-refractivity contribution in [3.63, 3.8) is 0 Å². The SMILES string of the molecule is Cc1ccc(CN2C(=N)C(C)OC2=O)cc1. The number of benzene rings is 1. The van der Waals surface area contributed by atoms with Crippen LogP contribution < -0.4 is 0 Å². The molecule has 0 radical (unpaired) electrons. The van der Waals surface area contributed by atoms with Crippen molar-refractivity contribution in [2.45, 2.75) is 26.5 Å². The molecule has 84 valence electrons. The number of nitrogens with one attached hydrogen (secondary N) is 1. The molecule has 4 nitrogen and oxygen atoms in total. The summed E-state index contributed by atoms with van der Waals surface area (Å²) >= 11 is 0. The first-order chi connectivity index (χ1) is 7.58. The molecule has 1 N–H and O–H groups in total. The Balaban J connectivity index is 2.13. The standard InChI is InChI=1S/C12H14N2O2/c1-8-3-5-10(6-4-8)7-14-11(13)9(2)16-12(14)15/h3-6,9,13H,7H2,1-2H3. The molecule has 1 atom stereocenters. The number of hydrogen-bond acceptors (Lipinski definition) is 3. The summed E-state index contributed by atoms with van der Waals surface area (Å²) in [6.45, 7) is 4.12. The number of nitrogens with zero attached hydrogens (tertiary/aromatic N) is 1. The number of ether oxygens (including phenoxy) is 1. The molecule has 2 rings (SSSR count). The molecule has 1 aromatic carbocycles. The first-order valence-corrected chi connectivity index (χ1v) is 5.20. The van der Waals surface area contributed by atoms with Gasteiger partial charge in [0, 0.05) is 0 Å². The van der Waals surface area contributed by atoms with Crippen molar-refractivity contribution in [3.05, 3.63) is 35.4 Å². The maximum atomic E-state index is 11.4. The number of aryl methyl sites for hydroxylation is 1. The Morgan fingerprint density at radius 2 is 2.00 bits per heavy atom. The van der Waals surface area contributed by atoms with Crippen molar-refractivity contribution in [3.8, 4) is 0 Å². The Morgan fingerprint density at radius 1 is 1.38 bits per heavy atom. The van der Waals surface area contributed by atoms with E-state index in [0.717, 1.165) is 5.56 Å². The van der Waals surface area contributed by atoms with Crippen LogP contribution in [0, 0.1) is 12.3 Å². The van der Waals surface area contributed by atoms with Gasteiger partial charge in [0.15, 0.2) is 6.10 Å². The molecule has 0 saturated carbocycles. The molecule has 4 heteroatoms. The van der Waals surface area contributed by atoms with Gasteiger partial charge in [-0.1, -0.05) is 29.8 Å². The minimum Gasteiger partial charge on any atom is -0.438 e. The maximum Gasteiger partial charge on any atom is 0.416 e. The molecule has 0 aliphatic carbocycles. The minimum absolute atomic E-state index is 0.227. The van der Waals surface area contributed by atoms with Crippen LogP contribution in [0.3, 0.4) is 0 Å². The van der Waals surface area contributed by atoms with Crippen molar-refractivity contribution in [2.24, 2.45) is 0 Å². The first kappa shape index (κ1) is 10.7. The van der Waals surface area contributed by atoms with E-state index in [0.29, 0.717) is 6.54 Å². The zero-order valence-electron chi connectivity index (χ0n) is 9.36. The van der Waals surface area contributed by atoms with Crippen LogP contribution in [0.2, 0.25) is 0 Å². The molecule has 0 bridgehead atoms. The summed E-state index contributed by atoms with van der Waals surface area (Å²) in [5, 5.41) is 7.71. The lowest BCUT2D eigenvalue weighted by Gasteiger charge is -2.12. The highest BCUT2D eigenvalue weighted by Gasteiger charge is 2.34. The van der Waals surface area contributed by atoms with Crippen LogP contribution in [0.5, 0.6) is 0 Å². The van der Waals surface area contributed by atoms with Crippen molar-refractivity contribution < 1.29 is 9.53 Å². The molecular formula is C12H14N2O2. The molecule has 1 fully saturated rings. The van der Waals surface area contributed by atoms with E-state index in [4.69, 9.17) is 10.1 Å². The van der Waals surface area contributed by atoms with Gasteiger partial charge in [0.05, 0.1) is 6.54 Å². The van der Waals surface area contributed by atoms with E-state index in [1.807, 2.05) is 31.2 Å². The molecule has 1 saturated heterocycles. The van der Waals surface area contributed by atoms with Crippen molar-refractivity contribution in [2.75, 3.05) is 0 Å². The van der Waals surface area contributed by atoms with Gasteiger partial charge in [-0.3, -0.25) is 10.3 Å². The second kappa shape index (κ2) is 3.96. The number of amidine groups is 1. The van der Waals surface area contributed by atoms with Gasteiger partial charge in [-0.05, 0) is 19.4 Å². The number of hydrogen-bond donors (Lipinski definition) is 1. The van der Waals surface area contributed by atoms with Crippen LogP contribution in [0.15, 0.2) is 24.3 Å². The summed E-state index contributed by atoms with van der Waals surface area (Å²) in [4.78, 5) is 12.8. The van der Waals surface area contributed by atoms with Crippen LogP contribution in [0.1, 0.15) is 18.1 Å². The zero-order chi connectivity index (χ0) is 11.7. The van der Waals surface area contributed by atoms with E-state index in [-0.39, 0.29) is 5.84 Å². The van der Waals surface area contributed by atoms with Gasteiger partial charge in [-0.25, -0.2) is 4.79 Å². The third-order valence-corrected chi connectivity index (χ3v) is 2.64. The fourth-order valence-electron chi connectivity index (χ4n) is 1.61. The fourth-order valence-corrected chi connectivity index (χ4v) is 1.61. The number of carbonyl (C=O) groups is 1. The average Bonchev–Trinajstić information content (AvgIpc) is 2.48. The van der Waals surface area contributed by atoms with E-state index < -0.39 is 12.2 Å². The van der Waals surface area contributed by atoms with E-state index in [9.17, 15) is 4.79 Å². The highest BCUT2D eigenvalue weighted by Crippen LogP contribution is 2.16. The maximum absolute atomic E-state index is 11.4. The molecular weight excluding hydrogens is 204 g/mol. The van der Waals surface area contributed by atoms with Crippen LogP contribution in [-0.4, -0.2) is 22.9 Å². The lowest BCUT2D eigenvalue weighted by molar-refractivity contribution is 0.138. The number of amides is 1. The summed E-state index contributed by atoms with van der Waals surface area (Å²) in [5.74, 6) is 0.227. The quantitative estimate of drug-likeness (QED) is 0.828. The van der Waals surface area contributed by atoms with Gasteiger partial charge >= 0.3 is 6.09 Å². The summed E-state index contributed by atoms with van der Waals surface area (Å²) in [7, 11) is 0. The molecule has 1 aromatic rings. The normalized spacial score (nSPS) is 20.1. The number of rotatable bonds is 2. The molecule has 0 aromatic heterocycles. The Labute approximate surface area is 94.3 Å². The first-order valence-electron chi connectivity index (χ1n) is 5.20. The topological polar surface area (TPSA) is 53.4 Å². The Morgan fingerprint density at radius 3 is 2.50 bits per heavy atom. The average molecular weight is 218 g/mol. The minimum atomic E-state index is -0.432. The lowest BCUT2D eigenvalue weighted by atomic mass is 10.1. The highest BCUT2D eigenvalue weighted by molar-refractivity contribution is 6.01. The van der Waals surface area contributed by atoms with Crippen LogP contribution in [0.4, 0.5) is 4.79 Å². The van der Waals surface area contributed by atoms with Gasteiger partial charge in [0.2, 0.25) is 0 Å². The van der Waals surface area contributed by atoms with E-state index in [2.05, 4.69) is 0 Å². The third kappa shape index (κ3) is 1.91. The zero-order valence-corrected chi connectivity index (χ0v) is 9.36. The largest absolute Gasteiger partial charge is 0.438 e. The number of cyclic esters (lactones) is 1. The molecule has 1 amide bonds. The molecule has 1 aliphatic heterocycles. The van der Waals surface area contributed by atoms with Crippen LogP contribution in [-0.2, 0) is 11.3 Å². The molecule has 16 heavy (non-hydrogen) atoms. The van der Waals surface area contributed by atoms with Gasteiger partial charge in [0.1, 0.15) is 5.84 Å². The van der Waals surface area contributed by atoms with E-state index >= 15 is 0 Å². The second-order valence-electron chi connectivity index (χ2n) is 3.98. The highest BCUT2D eigenvalue weighted by atomic mass is 16.6.